The SMILES string of the molecule is CC(C)(Cl)c1cn([C@@H]2CC[C@H](N)C2)nn1. The van der Waals surface area contributed by atoms with Crippen molar-refractivity contribution >= 4 is 11.6 Å². The van der Waals surface area contributed by atoms with E-state index in [1.165, 1.54) is 0 Å². The summed E-state index contributed by atoms with van der Waals surface area (Å²) >= 11 is 6.17. The molecule has 0 bridgehead atoms. The van der Waals surface area contributed by atoms with Gasteiger partial charge in [-0.3, -0.25) is 0 Å². The zero-order valence-corrected chi connectivity index (χ0v) is 9.91. The lowest BCUT2D eigenvalue weighted by molar-refractivity contribution is 0.448. The smallest absolute Gasteiger partial charge is 0.103 e. The van der Waals surface area contributed by atoms with Crippen LogP contribution in [0, 0.1) is 0 Å². The van der Waals surface area contributed by atoms with Gasteiger partial charge in [-0.15, -0.1) is 16.7 Å². The standard InChI is InChI=1S/C10H17ClN4/c1-10(2,11)9-6-15(14-13-9)8-4-3-7(12)5-8/h6-8H,3-5,12H2,1-2H3/t7-,8+/m0/s1. The van der Waals surface area contributed by atoms with Crippen molar-refractivity contribution in [3.8, 4) is 0 Å². The molecule has 1 aromatic rings. The average molecular weight is 229 g/mol. The van der Waals surface area contributed by atoms with Crippen LogP contribution in [-0.2, 0) is 4.87 Å². The fourth-order valence-corrected chi connectivity index (χ4v) is 2.05. The first-order valence-electron chi connectivity index (χ1n) is 5.33. The second-order valence-electron chi connectivity index (χ2n) is 4.78. The monoisotopic (exact) mass is 228 g/mol. The Balaban J connectivity index is 2.14. The minimum Gasteiger partial charge on any atom is -0.328 e. The van der Waals surface area contributed by atoms with Crippen LogP contribution in [0.3, 0.4) is 0 Å². The summed E-state index contributed by atoms with van der Waals surface area (Å²) in [6.45, 7) is 3.84. The molecular formula is C10H17ClN4. The summed E-state index contributed by atoms with van der Waals surface area (Å²) in [6.07, 6.45) is 5.10. The van der Waals surface area contributed by atoms with E-state index in [0.29, 0.717) is 12.1 Å². The zero-order chi connectivity index (χ0) is 11.1. The molecule has 0 aromatic carbocycles. The van der Waals surface area contributed by atoms with Gasteiger partial charge >= 0.3 is 0 Å². The predicted molar refractivity (Wildman–Crippen MR) is 59.8 cm³/mol. The van der Waals surface area contributed by atoms with Gasteiger partial charge in [0.25, 0.3) is 0 Å². The van der Waals surface area contributed by atoms with E-state index in [1.807, 2.05) is 24.7 Å². The third-order valence-electron chi connectivity index (χ3n) is 2.94. The van der Waals surface area contributed by atoms with Crippen molar-refractivity contribution in [2.45, 2.75) is 50.1 Å². The molecule has 2 N–H and O–H groups in total. The summed E-state index contributed by atoms with van der Waals surface area (Å²) in [4.78, 5) is -0.445. The van der Waals surface area contributed by atoms with Crippen molar-refractivity contribution in [1.29, 1.82) is 0 Å². The van der Waals surface area contributed by atoms with E-state index in [0.717, 1.165) is 25.0 Å². The number of rotatable bonds is 2. The summed E-state index contributed by atoms with van der Waals surface area (Å²) in [7, 11) is 0. The van der Waals surface area contributed by atoms with Crippen LogP contribution < -0.4 is 5.73 Å². The second kappa shape index (κ2) is 3.76. The summed E-state index contributed by atoms with van der Waals surface area (Å²) in [6, 6.07) is 0.715. The van der Waals surface area contributed by atoms with E-state index in [-0.39, 0.29) is 0 Å². The van der Waals surface area contributed by atoms with Gasteiger partial charge in [0.2, 0.25) is 0 Å². The fraction of sp³-hybridized carbons (Fsp3) is 0.800. The molecule has 4 nitrogen and oxygen atoms in total. The molecule has 5 heteroatoms. The Labute approximate surface area is 94.8 Å². The highest BCUT2D eigenvalue weighted by molar-refractivity contribution is 6.23. The maximum Gasteiger partial charge on any atom is 0.103 e. The van der Waals surface area contributed by atoms with Gasteiger partial charge in [0, 0.05) is 6.04 Å². The number of aromatic nitrogens is 3. The van der Waals surface area contributed by atoms with Crippen molar-refractivity contribution in [2.75, 3.05) is 0 Å². The lowest BCUT2D eigenvalue weighted by Gasteiger charge is -2.11. The highest BCUT2D eigenvalue weighted by Crippen LogP contribution is 2.30. The Hall–Kier alpha value is -0.610. The molecular weight excluding hydrogens is 212 g/mol. The van der Waals surface area contributed by atoms with Gasteiger partial charge in [0.1, 0.15) is 5.69 Å². The molecule has 1 fully saturated rings. The largest absolute Gasteiger partial charge is 0.328 e. The summed E-state index contributed by atoms with van der Waals surface area (Å²) < 4.78 is 1.91. The molecule has 0 unspecified atom stereocenters. The van der Waals surface area contributed by atoms with Gasteiger partial charge in [-0.25, -0.2) is 4.68 Å². The molecule has 0 aliphatic heterocycles. The number of hydrogen-bond acceptors (Lipinski definition) is 3. The van der Waals surface area contributed by atoms with Gasteiger partial charge in [-0.2, -0.15) is 0 Å². The van der Waals surface area contributed by atoms with Crippen LogP contribution in [0.1, 0.15) is 44.8 Å². The molecule has 0 spiro atoms. The number of nitrogens with zero attached hydrogens (tertiary/aromatic N) is 3. The van der Waals surface area contributed by atoms with Crippen LogP contribution in [-0.4, -0.2) is 21.0 Å². The van der Waals surface area contributed by atoms with Gasteiger partial charge in [-0.1, -0.05) is 5.21 Å². The predicted octanol–water partition coefficient (Wildman–Crippen LogP) is 1.80. The van der Waals surface area contributed by atoms with E-state index >= 15 is 0 Å². The molecule has 1 aliphatic carbocycles. The highest BCUT2D eigenvalue weighted by atomic mass is 35.5. The zero-order valence-electron chi connectivity index (χ0n) is 9.15. The molecule has 1 aliphatic rings. The summed E-state index contributed by atoms with van der Waals surface area (Å²) in [5.41, 5.74) is 6.69. The third kappa shape index (κ3) is 2.32. The van der Waals surface area contributed by atoms with E-state index in [2.05, 4.69) is 10.3 Å². The van der Waals surface area contributed by atoms with Crippen LogP contribution >= 0.6 is 11.6 Å². The third-order valence-corrected chi connectivity index (χ3v) is 3.13. The van der Waals surface area contributed by atoms with Gasteiger partial charge in [-0.05, 0) is 33.1 Å². The first-order valence-corrected chi connectivity index (χ1v) is 5.71. The molecule has 1 heterocycles. The van der Waals surface area contributed by atoms with Crippen LogP contribution in [0.2, 0.25) is 0 Å². The Kier molecular flexibility index (Phi) is 2.73. The van der Waals surface area contributed by atoms with Gasteiger partial charge in [0.15, 0.2) is 0 Å². The minimum atomic E-state index is -0.445. The Morgan fingerprint density at radius 3 is 2.73 bits per heavy atom. The van der Waals surface area contributed by atoms with E-state index < -0.39 is 4.87 Å². The van der Waals surface area contributed by atoms with Gasteiger partial charge < -0.3 is 5.73 Å². The van der Waals surface area contributed by atoms with E-state index in [1.54, 1.807) is 0 Å². The highest BCUT2D eigenvalue weighted by Gasteiger charge is 2.26. The number of alkyl halides is 1. The summed E-state index contributed by atoms with van der Waals surface area (Å²) in [5, 5.41) is 8.22. The molecule has 84 valence electrons. The molecule has 1 saturated carbocycles. The molecule has 1 aromatic heterocycles. The number of halogens is 1. The van der Waals surface area contributed by atoms with Crippen LogP contribution in [0.5, 0.6) is 0 Å². The normalized spacial score (nSPS) is 27.2. The van der Waals surface area contributed by atoms with Crippen molar-refractivity contribution in [2.24, 2.45) is 5.73 Å². The Morgan fingerprint density at radius 2 is 2.27 bits per heavy atom. The molecule has 0 amide bonds. The number of hydrogen-bond donors (Lipinski definition) is 1. The van der Waals surface area contributed by atoms with Crippen molar-refractivity contribution in [3.63, 3.8) is 0 Å². The summed E-state index contributed by atoms with van der Waals surface area (Å²) in [5.74, 6) is 0. The first-order chi connectivity index (χ1) is 6.97. The Morgan fingerprint density at radius 1 is 1.53 bits per heavy atom. The van der Waals surface area contributed by atoms with E-state index in [9.17, 15) is 0 Å². The molecule has 0 saturated heterocycles. The van der Waals surface area contributed by atoms with Crippen molar-refractivity contribution in [3.05, 3.63) is 11.9 Å². The van der Waals surface area contributed by atoms with Crippen molar-refractivity contribution < 1.29 is 0 Å². The average Bonchev–Trinajstić information content (AvgIpc) is 2.69. The maximum atomic E-state index is 6.17. The molecule has 2 atom stereocenters. The molecule has 2 rings (SSSR count). The van der Waals surface area contributed by atoms with Gasteiger partial charge in [0.05, 0.1) is 17.1 Å². The minimum absolute atomic E-state index is 0.312. The van der Waals surface area contributed by atoms with Crippen molar-refractivity contribution in [1.82, 2.24) is 15.0 Å². The first kappa shape index (κ1) is 10.9. The lowest BCUT2D eigenvalue weighted by Crippen LogP contribution is -2.16. The second-order valence-corrected chi connectivity index (χ2v) is 5.73. The van der Waals surface area contributed by atoms with Crippen LogP contribution in [0.15, 0.2) is 6.20 Å². The maximum absolute atomic E-state index is 6.17. The topological polar surface area (TPSA) is 56.7 Å². The molecule has 0 radical (unpaired) electrons. The van der Waals surface area contributed by atoms with E-state index in [4.69, 9.17) is 17.3 Å². The van der Waals surface area contributed by atoms with Crippen LogP contribution in [0.25, 0.3) is 0 Å². The van der Waals surface area contributed by atoms with Crippen LogP contribution in [0.4, 0.5) is 0 Å². The Bertz CT molecular complexity index is 341. The lowest BCUT2D eigenvalue weighted by atomic mass is 10.1. The molecule has 15 heavy (non-hydrogen) atoms. The quantitative estimate of drug-likeness (QED) is 0.786. The fourth-order valence-electron chi connectivity index (χ4n) is 1.96. The number of nitrogens with two attached hydrogens (primary N) is 1.